The van der Waals surface area contributed by atoms with E-state index >= 15 is 0 Å². The molecule has 2 heterocycles. The Bertz CT molecular complexity index is 2090. The minimum absolute atomic E-state index is 1.18. The van der Waals surface area contributed by atoms with Crippen LogP contribution in [0.15, 0.2) is 134 Å². The van der Waals surface area contributed by atoms with Crippen LogP contribution in [0.4, 0.5) is 0 Å². The molecular formula is C34H22N2. The first-order valence-electron chi connectivity index (χ1n) is 12.4. The van der Waals surface area contributed by atoms with Crippen molar-refractivity contribution in [2.24, 2.45) is 0 Å². The van der Waals surface area contributed by atoms with Gasteiger partial charge in [-0.25, -0.2) is 0 Å². The molecule has 0 radical (unpaired) electrons. The maximum absolute atomic E-state index is 2.46. The Labute approximate surface area is 208 Å². The van der Waals surface area contributed by atoms with Crippen LogP contribution in [0.1, 0.15) is 0 Å². The molecule has 6 aromatic carbocycles. The summed E-state index contributed by atoms with van der Waals surface area (Å²) in [6.45, 7) is 0. The molecule has 8 aromatic rings. The van der Waals surface area contributed by atoms with Gasteiger partial charge in [0.05, 0.1) is 22.2 Å². The van der Waals surface area contributed by atoms with Crippen molar-refractivity contribution in [2.45, 2.75) is 0 Å². The zero-order chi connectivity index (χ0) is 23.6. The van der Waals surface area contributed by atoms with Crippen LogP contribution >= 0.6 is 0 Å². The maximum atomic E-state index is 2.46. The highest BCUT2D eigenvalue weighted by Crippen LogP contribution is 2.40. The highest BCUT2D eigenvalue weighted by Gasteiger charge is 2.18. The first-order valence-corrected chi connectivity index (χ1v) is 12.4. The lowest BCUT2D eigenvalue weighted by Gasteiger charge is -2.14. The van der Waals surface area contributed by atoms with Gasteiger partial charge in [-0.05, 0) is 58.6 Å². The average molecular weight is 459 g/mol. The van der Waals surface area contributed by atoms with Gasteiger partial charge in [0.1, 0.15) is 0 Å². The van der Waals surface area contributed by atoms with E-state index in [4.69, 9.17) is 0 Å². The molecule has 2 nitrogen and oxygen atoms in total. The summed E-state index contributed by atoms with van der Waals surface area (Å²) in [5.74, 6) is 0. The predicted octanol–water partition coefficient (Wildman–Crippen LogP) is 9.03. The molecule has 0 saturated carbocycles. The first-order chi connectivity index (χ1) is 17.9. The molecule has 0 spiro atoms. The van der Waals surface area contributed by atoms with Crippen LogP contribution in [0.5, 0.6) is 0 Å². The predicted molar refractivity (Wildman–Crippen MR) is 153 cm³/mol. The highest BCUT2D eigenvalue weighted by atomic mass is 15.0. The van der Waals surface area contributed by atoms with Gasteiger partial charge in [-0.2, -0.15) is 0 Å². The van der Waals surface area contributed by atoms with Gasteiger partial charge < -0.3 is 9.13 Å². The summed E-state index contributed by atoms with van der Waals surface area (Å²) in [6, 6.07) is 46.0. The Balaban J connectivity index is 1.53. The lowest BCUT2D eigenvalue weighted by Crippen LogP contribution is -1.96. The molecule has 0 saturated heterocycles. The minimum Gasteiger partial charge on any atom is -0.317 e. The number of hydrogen-bond acceptors (Lipinski definition) is 0. The van der Waals surface area contributed by atoms with Gasteiger partial charge in [0.15, 0.2) is 0 Å². The Hall–Kier alpha value is -4.82. The fourth-order valence-electron chi connectivity index (χ4n) is 5.98. The van der Waals surface area contributed by atoms with Crippen molar-refractivity contribution in [1.29, 1.82) is 0 Å². The molecule has 168 valence electrons. The van der Waals surface area contributed by atoms with E-state index in [0.29, 0.717) is 0 Å². The number of nitrogens with zero attached hydrogens (tertiary/aromatic N) is 2. The Morgan fingerprint density at radius 1 is 0.417 bits per heavy atom. The Morgan fingerprint density at radius 3 is 1.92 bits per heavy atom. The summed E-state index contributed by atoms with van der Waals surface area (Å²) < 4.78 is 4.74. The maximum Gasteiger partial charge on any atom is 0.0548 e. The number of hydrogen-bond donors (Lipinski definition) is 0. The zero-order valence-corrected chi connectivity index (χ0v) is 19.6. The lowest BCUT2D eigenvalue weighted by atomic mass is 10.00. The molecule has 0 aliphatic rings. The van der Waals surface area contributed by atoms with Crippen LogP contribution in [0, 0.1) is 0 Å². The van der Waals surface area contributed by atoms with Crippen molar-refractivity contribution in [3.8, 4) is 11.4 Å². The molecule has 0 fully saturated rings. The average Bonchev–Trinajstić information content (AvgIpc) is 3.52. The fourth-order valence-corrected chi connectivity index (χ4v) is 5.98. The third kappa shape index (κ3) is 2.61. The lowest BCUT2D eigenvalue weighted by molar-refractivity contribution is 1.13. The van der Waals surface area contributed by atoms with E-state index in [-0.39, 0.29) is 0 Å². The van der Waals surface area contributed by atoms with Crippen molar-refractivity contribution >= 4 is 54.3 Å². The van der Waals surface area contributed by atoms with Crippen molar-refractivity contribution in [3.05, 3.63) is 134 Å². The van der Waals surface area contributed by atoms with Gasteiger partial charge in [-0.3, -0.25) is 0 Å². The van der Waals surface area contributed by atoms with Gasteiger partial charge >= 0.3 is 0 Å². The van der Waals surface area contributed by atoms with Gasteiger partial charge in [-0.1, -0.05) is 84.9 Å². The molecule has 36 heavy (non-hydrogen) atoms. The fraction of sp³-hybridized carbons (Fsp3) is 0. The van der Waals surface area contributed by atoms with Crippen molar-refractivity contribution in [3.63, 3.8) is 0 Å². The van der Waals surface area contributed by atoms with E-state index in [1.165, 1.54) is 65.6 Å². The first kappa shape index (κ1) is 19.5. The molecule has 0 atom stereocenters. The van der Waals surface area contributed by atoms with Crippen molar-refractivity contribution < 1.29 is 0 Å². The summed E-state index contributed by atoms with van der Waals surface area (Å²) in [4.78, 5) is 0. The van der Waals surface area contributed by atoms with Crippen molar-refractivity contribution in [2.75, 3.05) is 0 Å². The second-order valence-electron chi connectivity index (χ2n) is 9.43. The number of para-hydroxylation sites is 2. The molecule has 0 aliphatic heterocycles. The molecule has 2 aromatic heterocycles. The van der Waals surface area contributed by atoms with Crippen LogP contribution in [0.3, 0.4) is 0 Å². The number of fused-ring (bicyclic) bond motifs is 8. The van der Waals surface area contributed by atoms with Gasteiger partial charge in [0.2, 0.25) is 0 Å². The van der Waals surface area contributed by atoms with E-state index in [9.17, 15) is 0 Å². The molecule has 0 aliphatic carbocycles. The second kappa shape index (κ2) is 7.34. The third-order valence-electron chi connectivity index (χ3n) is 7.53. The van der Waals surface area contributed by atoms with Crippen LogP contribution in [-0.4, -0.2) is 9.13 Å². The van der Waals surface area contributed by atoms with E-state index < -0.39 is 0 Å². The quantitative estimate of drug-likeness (QED) is 0.229. The standard InChI is InChI=1S/C34H22N2/c1-2-11-24(12-3-1)35-21-20-29-30(35)18-19-32-34(29)28-16-8-9-17-31(28)36(32)33-22-23-10-4-5-13-25(23)26-14-6-7-15-27(26)33/h1-22H. The SMILES string of the molecule is c1ccc(-n2ccc3c4c5ccccc5n(-c5cc6ccccc6c6ccccc56)c4ccc32)cc1. The largest absolute Gasteiger partial charge is 0.317 e. The molecule has 8 rings (SSSR count). The molecule has 2 heteroatoms. The van der Waals surface area contributed by atoms with Gasteiger partial charge in [-0.15, -0.1) is 0 Å². The Morgan fingerprint density at radius 2 is 1.06 bits per heavy atom. The summed E-state index contributed by atoms with van der Waals surface area (Å²) in [5, 5.41) is 8.95. The summed E-state index contributed by atoms with van der Waals surface area (Å²) in [6.07, 6.45) is 2.19. The van der Waals surface area contributed by atoms with Crippen LogP contribution in [0.2, 0.25) is 0 Å². The monoisotopic (exact) mass is 458 g/mol. The van der Waals surface area contributed by atoms with E-state index in [1.807, 2.05) is 0 Å². The van der Waals surface area contributed by atoms with E-state index in [1.54, 1.807) is 0 Å². The summed E-state index contributed by atoms with van der Waals surface area (Å²) in [7, 11) is 0. The van der Waals surface area contributed by atoms with Crippen LogP contribution < -0.4 is 0 Å². The topological polar surface area (TPSA) is 9.86 Å². The molecule has 0 bridgehead atoms. The number of rotatable bonds is 2. The van der Waals surface area contributed by atoms with E-state index in [0.717, 1.165) is 0 Å². The summed E-state index contributed by atoms with van der Waals surface area (Å²) >= 11 is 0. The van der Waals surface area contributed by atoms with Crippen LogP contribution in [-0.2, 0) is 0 Å². The molecule has 0 amide bonds. The molecular weight excluding hydrogens is 436 g/mol. The van der Waals surface area contributed by atoms with Crippen molar-refractivity contribution in [1.82, 2.24) is 9.13 Å². The smallest absolute Gasteiger partial charge is 0.0548 e. The van der Waals surface area contributed by atoms with Gasteiger partial charge in [0.25, 0.3) is 0 Å². The third-order valence-corrected chi connectivity index (χ3v) is 7.53. The highest BCUT2D eigenvalue weighted by molar-refractivity contribution is 6.22. The van der Waals surface area contributed by atoms with Gasteiger partial charge in [0, 0.05) is 33.4 Å². The number of aromatic nitrogens is 2. The van der Waals surface area contributed by atoms with Crippen LogP contribution in [0.25, 0.3) is 65.6 Å². The van der Waals surface area contributed by atoms with E-state index in [2.05, 4.69) is 143 Å². The molecule has 0 unspecified atom stereocenters. The zero-order valence-electron chi connectivity index (χ0n) is 19.6. The second-order valence-corrected chi connectivity index (χ2v) is 9.43. The normalized spacial score (nSPS) is 11.9. The summed E-state index contributed by atoms with van der Waals surface area (Å²) in [5.41, 5.74) is 6.08. The Kier molecular flexibility index (Phi) is 3.97. The number of benzene rings is 6. The molecule has 0 N–H and O–H groups in total. The minimum atomic E-state index is 1.18.